The molecular formula is C22H17ClN2O4S. The molecule has 3 heterocycles. The monoisotopic (exact) mass is 440 g/mol. The number of aliphatic hydroxyl groups is 1. The van der Waals surface area contributed by atoms with Gasteiger partial charge in [0.05, 0.1) is 24.3 Å². The molecule has 1 aliphatic heterocycles. The lowest BCUT2D eigenvalue weighted by Crippen LogP contribution is -2.28. The Kier molecular flexibility index (Phi) is 5.57. The summed E-state index contributed by atoms with van der Waals surface area (Å²) >= 11 is 7.51. The van der Waals surface area contributed by atoms with Crippen molar-refractivity contribution in [2.24, 2.45) is 0 Å². The fourth-order valence-electron chi connectivity index (χ4n) is 3.48. The lowest BCUT2D eigenvalue weighted by Gasteiger charge is -2.24. The van der Waals surface area contributed by atoms with E-state index >= 15 is 0 Å². The number of benzene rings is 1. The number of ether oxygens (including phenoxy) is 1. The Hall–Kier alpha value is -3.16. The number of rotatable bonds is 5. The van der Waals surface area contributed by atoms with Gasteiger partial charge in [-0.15, -0.1) is 11.3 Å². The van der Waals surface area contributed by atoms with E-state index in [1.54, 1.807) is 30.6 Å². The van der Waals surface area contributed by atoms with Crippen molar-refractivity contribution < 1.29 is 19.4 Å². The second-order valence-electron chi connectivity index (χ2n) is 6.65. The highest BCUT2D eigenvalue weighted by atomic mass is 35.5. The summed E-state index contributed by atoms with van der Waals surface area (Å²) < 4.78 is 5.32. The van der Waals surface area contributed by atoms with Crippen LogP contribution in [0.15, 0.2) is 65.8 Å². The molecule has 1 saturated heterocycles. The average Bonchev–Trinajstić information content (AvgIpc) is 3.37. The average molecular weight is 441 g/mol. The van der Waals surface area contributed by atoms with Gasteiger partial charge < -0.3 is 14.7 Å². The largest absolute Gasteiger partial charge is 0.507 e. The molecule has 152 valence electrons. The van der Waals surface area contributed by atoms with E-state index in [2.05, 4.69) is 4.98 Å². The zero-order valence-corrected chi connectivity index (χ0v) is 17.5. The van der Waals surface area contributed by atoms with Crippen molar-refractivity contribution in [3.8, 4) is 5.75 Å². The third-order valence-corrected chi connectivity index (χ3v) is 6.00. The van der Waals surface area contributed by atoms with E-state index in [1.807, 2.05) is 23.6 Å². The first-order valence-corrected chi connectivity index (χ1v) is 10.3. The van der Waals surface area contributed by atoms with Gasteiger partial charge in [-0.3, -0.25) is 14.6 Å². The van der Waals surface area contributed by atoms with E-state index in [0.717, 1.165) is 10.4 Å². The van der Waals surface area contributed by atoms with Gasteiger partial charge >= 0.3 is 0 Å². The first-order valence-electron chi connectivity index (χ1n) is 9.06. The van der Waals surface area contributed by atoms with Crippen LogP contribution in [0.25, 0.3) is 5.76 Å². The highest BCUT2D eigenvalue weighted by molar-refractivity contribution is 7.10. The van der Waals surface area contributed by atoms with E-state index in [-0.39, 0.29) is 23.4 Å². The molecule has 8 heteroatoms. The Morgan fingerprint density at radius 1 is 1.27 bits per heavy atom. The molecule has 1 fully saturated rings. The van der Waals surface area contributed by atoms with Gasteiger partial charge in [0.25, 0.3) is 11.7 Å². The molecule has 1 aromatic carbocycles. The molecule has 0 aliphatic carbocycles. The molecule has 3 aromatic rings. The van der Waals surface area contributed by atoms with Gasteiger partial charge in [-0.1, -0.05) is 23.7 Å². The summed E-state index contributed by atoms with van der Waals surface area (Å²) in [6.07, 6.45) is 3.28. The van der Waals surface area contributed by atoms with Crippen LogP contribution in [0.4, 0.5) is 0 Å². The van der Waals surface area contributed by atoms with Crippen molar-refractivity contribution in [1.29, 1.82) is 0 Å². The van der Waals surface area contributed by atoms with Crippen LogP contribution in [0.2, 0.25) is 5.02 Å². The number of aliphatic hydroxyl groups excluding tert-OH is 1. The summed E-state index contributed by atoms with van der Waals surface area (Å²) in [5, 5.41) is 13.4. The number of nitrogens with zero attached hydrogens (tertiary/aromatic N) is 2. The van der Waals surface area contributed by atoms with Crippen molar-refractivity contribution in [3.63, 3.8) is 0 Å². The SMILES string of the molecule is COc1ccc(Cl)cc1/C(O)=C1\C(=O)C(=O)N(Cc2cccnc2)[C@@H]1c1cccs1. The number of hydrogen-bond donors (Lipinski definition) is 1. The van der Waals surface area contributed by atoms with Crippen LogP contribution in [0.1, 0.15) is 22.0 Å². The molecule has 0 unspecified atom stereocenters. The fraction of sp³-hybridized carbons (Fsp3) is 0.136. The Bertz CT molecular complexity index is 1130. The van der Waals surface area contributed by atoms with E-state index in [1.165, 1.54) is 29.4 Å². The van der Waals surface area contributed by atoms with Gasteiger partial charge in [-0.25, -0.2) is 0 Å². The van der Waals surface area contributed by atoms with Crippen LogP contribution in [0.5, 0.6) is 5.75 Å². The van der Waals surface area contributed by atoms with Crippen molar-refractivity contribution in [1.82, 2.24) is 9.88 Å². The zero-order valence-electron chi connectivity index (χ0n) is 15.9. The Morgan fingerprint density at radius 2 is 2.10 bits per heavy atom. The summed E-state index contributed by atoms with van der Waals surface area (Å²) in [7, 11) is 1.46. The molecule has 1 N–H and O–H groups in total. The number of ketones is 1. The molecule has 1 amide bonds. The molecule has 4 rings (SSSR count). The molecule has 0 saturated carbocycles. The van der Waals surface area contributed by atoms with Crippen molar-refractivity contribution in [2.45, 2.75) is 12.6 Å². The normalized spacial score (nSPS) is 18.1. The maximum absolute atomic E-state index is 13.0. The first-order chi connectivity index (χ1) is 14.5. The first kappa shape index (κ1) is 20.1. The maximum atomic E-state index is 13.0. The molecule has 30 heavy (non-hydrogen) atoms. The lowest BCUT2D eigenvalue weighted by molar-refractivity contribution is -0.140. The number of Topliss-reactive ketones (excluding diaryl/α,β-unsaturated/α-hetero) is 1. The number of thiophene rings is 1. The van der Waals surface area contributed by atoms with Gasteiger partial charge in [0, 0.05) is 28.8 Å². The number of carbonyl (C=O) groups is 2. The topological polar surface area (TPSA) is 79.7 Å². The Labute approximate surface area is 182 Å². The standard InChI is InChI=1S/C22H17ClN2O4S/c1-29-16-7-6-14(23)10-15(16)20(26)18-19(17-5-3-9-30-17)25(22(28)21(18)27)12-13-4-2-8-24-11-13/h2-11,19,26H,12H2,1H3/b20-18+/t19-/m1/s1. The molecule has 0 bridgehead atoms. The van der Waals surface area contributed by atoms with E-state index in [9.17, 15) is 14.7 Å². The van der Waals surface area contributed by atoms with Crippen LogP contribution < -0.4 is 4.74 Å². The summed E-state index contributed by atoms with van der Waals surface area (Å²) in [6.45, 7) is 0.185. The van der Waals surface area contributed by atoms with Crippen molar-refractivity contribution in [3.05, 3.63) is 86.8 Å². The van der Waals surface area contributed by atoms with Crippen LogP contribution in [-0.2, 0) is 16.1 Å². The third kappa shape index (κ3) is 3.58. The number of hydrogen-bond acceptors (Lipinski definition) is 6. The van der Waals surface area contributed by atoms with E-state index in [0.29, 0.717) is 10.8 Å². The zero-order chi connectivity index (χ0) is 21.3. The van der Waals surface area contributed by atoms with Crippen LogP contribution in [0, 0.1) is 0 Å². The molecule has 0 radical (unpaired) electrons. The summed E-state index contributed by atoms with van der Waals surface area (Å²) in [6, 6.07) is 11.3. The minimum atomic E-state index is -0.753. The number of carbonyl (C=O) groups excluding carboxylic acids is 2. The number of halogens is 1. The minimum absolute atomic E-state index is 0.00640. The predicted octanol–water partition coefficient (Wildman–Crippen LogP) is 4.43. The number of aromatic nitrogens is 1. The van der Waals surface area contributed by atoms with Gasteiger partial charge in [0.1, 0.15) is 11.5 Å². The van der Waals surface area contributed by atoms with Gasteiger partial charge in [-0.05, 0) is 41.3 Å². The fourth-order valence-corrected chi connectivity index (χ4v) is 4.50. The van der Waals surface area contributed by atoms with E-state index < -0.39 is 17.7 Å². The van der Waals surface area contributed by atoms with Crippen LogP contribution >= 0.6 is 22.9 Å². The van der Waals surface area contributed by atoms with Gasteiger partial charge in [0.15, 0.2) is 0 Å². The molecule has 1 aliphatic rings. The maximum Gasteiger partial charge on any atom is 0.295 e. The summed E-state index contributed by atoms with van der Waals surface area (Å²) in [5.41, 5.74) is 1.04. The number of methoxy groups -OCH3 is 1. The lowest BCUT2D eigenvalue weighted by atomic mass is 9.99. The van der Waals surface area contributed by atoms with Crippen molar-refractivity contribution in [2.75, 3.05) is 7.11 Å². The summed E-state index contributed by atoms with van der Waals surface area (Å²) in [5.74, 6) is -1.41. The quantitative estimate of drug-likeness (QED) is 0.360. The summed E-state index contributed by atoms with van der Waals surface area (Å²) in [4.78, 5) is 32.3. The van der Waals surface area contributed by atoms with Crippen LogP contribution in [0.3, 0.4) is 0 Å². The van der Waals surface area contributed by atoms with E-state index in [4.69, 9.17) is 16.3 Å². The molecule has 2 aromatic heterocycles. The van der Waals surface area contributed by atoms with Gasteiger partial charge in [0.2, 0.25) is 0 Å². The van der Waals surface area contributed by atoms with Crippen molar-refractivity contribution >= 4 is 40.4 Å². The number of pyridine rings is 1. The van der Waals surface area contributed by atoms with Crippen LogP contribution in [-0.4, -0.2) is 33.8 Å². The minimum Gasteiger partial charge on any atom is -0.507 e. The predicted molar refractivity (Wildman–Crippen MR) is 114 cm³/mol. The Balaban J connectivity index is 1.88. The molecule has 6 nitrogen and oxygen atoms in total. The van der Waals surface area contributed by atoms with Gasteiger partial charge in [-0.2, -0.15) is 0 Å². The number of likely N-dealkylation sites (tertiary alicyclic amines) is 1. The highest BCUT2D eigenvalue weighted by Gasteiger charge is 2.46. The highest BCUT2D eigenvalue weighted by Crippen LogP contribution is 2.43. The molecule has 1 atom stereocenters. The second-order valence-corrected chi connectivity index (χ2v) is 8.06. The Morgan fingerprint density at radius 3 is 2.77 bits per heavy atom. The number of amides is 1. The molecular weight excluding hydrogens is 424 g/mol. The smallest absolute Gasteiger partial charge is 0.295 e. The molecule has 0 spiro atoms. The third-order valence-electron chi connectivity index (χ3n) is 4.84. The second kappa shape index (κ2) is 8.30.